The van der Waals surface area contributed by atoms with Crippen molar-refractivity contribution in [3.05, 3.63) is 52.0 Å². The van der Waals surface area contributed by atoms with Crippen LogP contribution in [0, 0.1) is 5.92 Å². The first-order valence-corrected chi connectivity index (χ1v) is 10.6. The Kier molecular flexibility index (Phi) is 5.36. The minimum absolute atomic E-state index is 0.127. The number of fused-ring (bicyclic) bond motifs is 4. The summed E-state index contributed by atoms with van der Waals surface area (Å²) in [5.41, 5.74) is 2.01. The quantitative estimate of drug-likeness (QED) is 0.804. The molecule has 1 aromatic heterocycles. The normalized spacial score (nSPS) is 23.2. The lowest BCUT2D eigenvalue weighted by molar-refractivity contribution is 0.0730. The second kappa shape index (κ2) is 7.89. The molecule has 3 fully saturated rings. The summed E-state index contributed by atoms with van der Waals surface area (Å²) in [6.45, 7) is 5.95. The standard InChI is InChI=1S/C21H27N3OS/c1-2-6-20-22-19(15-26-20)21(25)24-13-17-9-10-18(14-24)23(12-17)11-16-7-4-3-5-8-16/h3-5,7-8,15,17-18H,2,6,9-14H2,1H3/t17-,18-/m1/s1. The van der Waals surface area contributed by atoms with Crippen LogP contribution in [0.1, 0.15) is 47.2 Å². The number of carbonyl (C=O) groups is 1. The van der Waals surface area contributed by atoms with Gasteiger partial charge in [0.15, 0.2) is 0 Å². The van der Waals surface area contributed by atoms with Crippen LogP contribution in [-0.2, 0) is 13.0 Å². The average Bonchev–Trinajstić information content (AvgIpc) is 2.93. The molecule has 0 N–H and O–H groups in total. The monoisotopic (exact) mass is 369 g/mol. The molecule has 1 aromatic carbocycles. The minimum Gasteiger partial charge on any atom is -0.335 e. The van der Waals surface area contributed by atoms with E-state index >= 15 is 0 Å². The van der Waals surface area contributed by atoms with Crippen molar-refractivity contribution in [2.45, 2.75) is 45.2 Å². The van der Waals surface area contributed by atoms with Crippen LogP contribution in [0.4, 0.5) is 0 Å². The van der Waals surface area contributed by atoms with E-state index in [1.165, 1.54) is 18.4 Å². The van der Waals surface area contributed by atoms with Gasteiger partial charge in [0, 0.05) is 37.6 Å². The van der Waals surface area contributed by atoms with Gasteiger partial charge in [-0.05, 0) is 37.2 Å². The SMILES string of the molecule is CCCc1nc(C(=O)N2C[C@@H]3CC[C@H](C2)N(Cc2ccccc2)C3)cs1. The zero-order valence-electron chi connectivity index (χ0n) is 15.4. The molecule has 3 aliphatic rings. The van der Waals surface area contributed by atoms with E-state index in [0.717, 1.165) is 44.0 Å². The molecule has 3 saturated heterocycles. The van der Waals surface area contributed by atoms with Crippen LogP contribution < -0.4 is 0 Å². The van der Waals surface area contributed by atoms with Crippen molar-refractivity contribution < 1.29 is 4.79 Å². The van der Waals surface area contributed by atoms with Gasteiger partial charge < -0.3 is 4.90 Å². The van der Waals surface area contributed by atoms with Gasteiger partial charge in [0.2, 0.25) is 0 Å². The van der Waals surface area contributed by atoms with E-state index in [4.69, 9.17) is 0 Å². The van der Waals surface area contributed by atoms with E-state index in [1.54, 1.807) is 11.3 Å². The Bertz CT molecular complexity index is 745. The predicted octanol–water partition coefficient (Wildman–Crippen LogP) is 3.83. The van der Waals surface area contributed by atoms with Crippen LogP contribution in [0.2, 0.25) is 0 Å². The van der Waals surface area contributed by atoms with Gasteiger partial charge in [-0.25, -0.2) is 4.98 Å². The van der Waals surface area contributed by atoms with Crippen molar-refractivity contribution in [3.8, 4) is 0 Å². The molecule has 0 saturated carbocycles. The maximum Gasteiger partial charge on any atom is 0.273 e. The number of hydrogen-bond donors (Lipinski definition) is 0. The molecule has 2 bridgehead atoms. The van der Waals surface area contributed by atoms with Gasteiger partial charge in [0.05, 0.1) is 5.01 Å². The third-order valence-corrected chi connectivity index (χ3v) is 6.49. The number of piperidine rings is 1. The van der Waals surface area contributed by atoms with Crippen molar-refractivity contribution >= 4 is 17.2 Å². The summed E-state index contributed by atoms with van der Waals surface area (Å²) in [6.07, 6.45) is 4.47. The summed E-state index contributed by atoms with van der Waals surface area (Å²) >= 11 is 1.62. The third kappa shape index (κ3) is 3.84. The number of hydrogen-bond acceptors (Lipinski definition) is 4. The maximum atomic E-state index is 13.0. The number of rotatable bonds is 5. The van der Waals surface area contributed by atoms with Crippen LogP contribution in [0.3, 0.4) is 0 Å². The molecule has 4 heterocycles. The Morgan fingerprint density at radius 3 is 2.85 bits per heavy atom. The fourth-order valence-electron chi connectivity index (χ4n) is 4.26. The van der Waals surface area contributed by atoms with E-state index in [0.29, 0.717) is 17.7 Å². The molecule has 5 heteroatoms. The van der Waals surface area contributed by atoms with Crippen molar-refractivity contribution in [2.75, 3.05) is 19.6 Å². The van der Waals surface area contributed by atoms with Gasteiger partial charge in [-0.3, -0.25) is 9.69 Å². The average molecular weight is 370 g/mol. The Balaban J connectivity index is 1.46. The van der Waals surface area contributed by atoms with Crippen LogP contribution in [0.15, 0.2) is 35.7 Å². The molecule has 138 valence electrons. The van der Waals surface area contributed by atoms with Gasteiger partial charge >= 0.3 is 0 Å². The number of aromatic nitrogens is 1. The first-order valence-electron chi connectivity index (χ1n) is 9.74. The second-order valence-corrected chi connectivity index (χ2v) is 8.54. The first-order chi connectivity index (χ1) is 12.7. The van der Waals surface area contributed by atoms with E-state index in [2.05, 4.69) is 52.0 Å². The highest BCUT2D eigenvalue weighted by Crippen LogP contribution is 2.30. The summed E-state index contributed by atoms with van der Waals surface area (Å²) in [4.78, 5) is 22.2. The van der Waals surface area contributed by atoms with Crippen molar-refractivity contribution in [3.63, 3.8) is 0 Å². The molecule has 1 amide bonds. The van der Waals surface area contributed by atoms with E-state index in [9.17, 15) is 4.79 Å². The molecule has 5 rings (SSSR count). The Morgan fingerprint density at radius 1 is 1.19 bits per heavy atom. The molecule has 3 aliphatic heterocycles. The fraction of sp³-hybridized carbons (Fsp3) is 0.524. The van der Waals surface area contributed by atoms with E-state index in [-0.39, 0.29) is 5.91 Å². The highest BCUT2D eigenvalue weighted by atomic mass is 32.1. The van der Waals surface area contributed by atoms with Crippen LogP contribution in [0.25, 0.3) is 0 Å². The Morgan fingerprint density at radius 2 is 2.04 bits per heavy atom. The number of aryl methyl sites for hydroxylation is 1. The summed E-state index contributed by atoms with van der Waals surface area (Å²) in [5, 5.41) is 3.03. The highest BCUT2D eigenvalue weighted by Gasteiger charge is 2.37. The topological polar surface area (TPSA) is 36.4 Å². The predicted molar refractivity (Wildman–Crippen MR) is 105 cm³/mol. The minimum atomic E-state index is 0.127. The van der Waals surface area contributed by atoms with Gasteiger partial charge in [0.25, 0.3) is 5.91 Å². The zero-order valence-corrected chi connectivity index (χ0v) is 16.3. The molecular formula is C21H27N3OS. The smallest absolute Gasteiger partial charge is 0.273 e. The number of benzene rings is 1. The summed E-state index contributed by atoms with van der Waals surface area (Å²) in [6, 6.07) is 11.2. The van der Waals surface area contributed by atoms with E-state index in [1.807, 2.05) is 5.38 Å². The van der Waals surface area contributed by atoms with Crippen LogP contribution in [0.5, 0.6) is 0 Å². The molecule has 4 nitrogen and oxygen atoms in total. The highest BCUT2D eigenvalue weighted by molar-refractivity contribution is 7.09. The molecule has 26 heavy (non-hydrogen) atoms. The molecule has 0 aliphatic carbocycles. The number of carbonyl (C=O) groups excluding carboxylic acids is 1. The lowest BCUT2D eigenvalue weighted by Crippen LogP contribution is -2.43. The summed E-state index contributed by atoms with van der Waals surface area (Å²) < 4.78 is 0. The van der Waals surface area contributed by atoms with Gasteiger partial charge in [-0.1, -0.05) is 37.3 Å². The first kappa shape index (κ1) is 17.7. The number of amides is 1. The molecule has 0 spiro atoms. The summed E-state index contributed by atoms with van der Waals surface area (Å²) in [5.74, 6) is 0.706. The van der Waals surface area contributed by atoms with Crippen molar-refractivity contribution in [1.29, 1.82) is 0 Å². The fourth-order valence-corrected chi connectivity index (χ4v) is 5.13. The Hall–Kier alpha value is -1.72. The van der Waals surface area contributed by atoms with Gasteiger partial charge in [-0.15, -0.1) is 11.3 Å². The van der Waals surface area contributed by atoms with Crippen LogP contribution in [-0.4, -0.2) is 46.4 Å². The van der Waals surface area contributed by atoms with E-state index < -0.39 is 0 Å². The lowest BCUT2D eigenvalue weighted by Gasteiger charge is -2.36. The third-order valence-electron chi connectivity index (χ3n) is 5.58. The molecule has 2 atom stereocenters. The lowest BCUT2D eigenvalue weighted by atomic mass is 9.94. The van der Waals surface area contributed by atoms with Crippen LogP contribution >= 0.6 is 11.3 Å². The largest absolute Gasteiger partial charge is 0.335 e. The van der Waals surface area contributed by atoms with Gasteiger partial charge in [0.1, 0.15) is 5.69 Å². The molecular weight excluding hydrogens is 342 g/mol. The molecule has 2 aromatic rings. The number of nitrogens with zero attached hydrogens (tertiary/aromatic N) is 3. The maximum absolute atomic E-state index is 13.0. The summed E-state index contributed by atoms with van der Waals surface area (Å²) in [7, 11) is 0. The second-order valence-electron chi connectivity index (χ2n) is 7.60. The van der Waals surface area contributed by atoms with Crippen molar-refractivity contribution in [1.82, 2.24) is 14.8 Å². The zero-order chi connectivity index (χ0) is 17.9. The van der Waals surface area contributed by atoms with Gasteiger partial charge in [-0.2, -0.15) is 0 Å². The number of thiazole rings is 1. The molecule has 0 unspecified atom stereocenters. The molecule has 0 radical (unpaired) electrons. The Labute approximate surface area is 159 Å². The van der Waals surface area contributed by atoms with Crippen molar-refractivity contribution in [2.24, 2.45) is 5.92 Å².